The molecule has 1 saturated heterocycles. The molecule has 0 bridgehead atoms. The lowest BCUT2D eigenvalue weighted by atomic mass is 10.1. The maximum Gasteiger partial charge on any atom is 0.258 e. The minimum absolute atomic E-state index is 0. The summed E-state index contributed by atoms with van der Waals surface area (Å²) in [6.45, 7) is 1.03. The average molecular weight is 518 g/mol. The van der Waals surface area contributed by atoms with Crippen LogP contribution in [0.3, 0.4) is 0 Å². The smallest absolute Gasteiger partial charge is 0.258 e. The lowest BCUT2D eigenvalue weighted by Crippen LogP contribution is -2.50. The van der Waals surface area contributed by atoms with Crippen molar-refractivity contribution in [3.63, 3.8) is 0 Å². The molecule has 1 fully saturated rings. The summed E-state index contributed by atoms with van der Waals surface area (Å²) in [4.78, 5) is 25.9. The second-order valence-corrected chi connectivity index (χ2v) is 10.1. The first-order valence-corrected chi connectivity index (χ1v) is 12.2. The second-order valence-electron chi connectivity index (χ2n) is 7.73. The zero-order chi connectivity index (χ0) is 23.0. The van der Waals surface area contributed by atoms with Crippen LogP contribution in [0.4, 0.5) is 0 Å². The Morgan fingerprint density at radius 2 is 1.71 bits per heavy atom. The monoisotopic (exact) mass is 517 g/mol. The molecular formula is C23H21Cl2N5O3S. The van der Waals surface area contributed by atoms with E-state index >= 15 is 0 Å². The normalized spacial score (nSPS) is 14.7. The topological polar surface area (TPSA) is 99.3 Å². The Morgan fingerprint density at radius 3 is 2.38 bits per heavy atom. The fourth-order valence-electron chi connectivity index (χ4n) is 3.88. The minimum atomic E-state index is -3.71. The molecule has 0 atom stereocenters. The van der Waals surface area contributed by atoms with Crippen molar-refractivity contribution >= 4 is 50.8 Å². The highest BCUT2D eigenvalue weighted by atomic mass is 35.5. The number of aromatic nitrogens is 3. The molecule has 1 aliphatic heterocycles. The van der Waals surface area contributed by atoms with E-state index in [1.54, 1.807) is 59.9 Å². The van der Waals surface area contributed by atoms with Crippen molar-refractivity contribution in [3.8, 4) is 11.3 Å². The molecule has 0 saturated carbocycles. The fraction of sp³-hybridized carbons (Fsp3) is 0.174. The van der Waals surface area contributed by atoms with Crippen LogP contribution in [-0.2, 0) is 10.0 Å². The molecule has 1 aromatic carbocycles. The van der Waals surface area contributed by atoms with Gasteiger partial charge in [-0.3, -0.25) is 14.8 Å². The summed E-state index contributed by atoms with van der Waals surface area (Å²) in [5, 5.41) is 1.40. The van der Waals surface area contributed by atoms with E-state index < -0.39 is 10.0 Å². The number of benzene rings is 1. The van der Waals surface area contributed by atoms with Gasteiger partial charge in [-0.15, -0.1) is 12.4 Å². The van der Waals surface area contributed by atoms with E-state index in [1.165, 1.54) is 4.31 Å². The summed E-state index contributed by atoms with van der Waals surface area (Å²) in [6.07, 6.45) is 4.93. The number of pyridine rings is 2. The van der Waals surface area contributed by atoms with Crippen LogP contribution < -0.4 is 0 Å². The SMILES string of the molecule is Cl.O=C(c1ccc(-c2ccncc2)nc1)N1CCN(S(=O)(=O)c2cc3cc(Cl)ccc3[nH]2)CC1. The Hall–Kier alpha value is -2.98. The highest BCUT2D eigenvalue weighted by molar-refractivity contribution is 7.89. The molecule has 0 spiro atoms. The minimum Gasteiger partial charge on any atom is -0.345 e. The van der Waals surface area contributed by atoms with Gasteiger partial charge in [0.2, 0.25) is 0 Å². The maximum atomic E-state index is 13.1. The zero-order valence-corrected chi connectivity index (χ0v) is 20.3. The van der Waals surface area contributed by atoms with Crippen molar-refractivity contribution in [3.05, 3.63) is 77.7 Å². The van der Waals surface area contributed by atoms with Crippen LogP contribution in [0.25, 0.3) is 22.2 Å². The van der Waals surface area contributed by atoms with Gasteiger partial charge in [0.15, 0.2) is 0 Å². The first-order chi connectivity index (χ1) is 15.9. The van der Waals surface area contributed by atoms with Gasteiger partial charge in [0.05, 0.1) is 11.3 Å². The van der Waals surface area contributed by atoms with Crippen molar-refractivity contribution in [1.29, 1.82) is 0 Å². The summed E-state index contributed by atoms with van der Waals surface area (Å²) in [6, 6.07) is 14.0. The van der Waals surface area contributed by atoms with E-state index in [4.69, 9.17) is 11.6 Å². The summed E-state index contributed by atoms with van der Waals surface area (Å²) >= 11 is 6.01. The number of carbonyl (C=O) groups is 1. The van der Waals surface area contributed by atoms with Gasteiger partial charge in [-0.1, -0.05) is 11.6 Å². The Bertz CT molecular complexity index is 1420. The van der Waals surface area contributed by atoms with Gasteiger partial charge >= 0.3 is 0 Å². The van der Waals surface area contributed by atoms with Crippen LogP contribution >= 0.6 is 24.0 Å². The van der Waals surface area contributed by atoms with E-state index in [2.05, 4.69) is 15.0 Å². The molecule has 1 amide bonds. The van der Waals surface area contributed by atoms with Crippen LogP contribution in [0, 0.1) is 0 Å². The molecule has 11 heteroatoms. The van der Waals surface area contributed by atoms with E-state index in [1.807, 2.05) is 12.1 Å². The van der Waals surface area contributed by atoms with Gasteiger partial charge in [-0.2, -0.15) is 4.31 Å². The molecular weight excluding hydrogens is 497 g/mol. The number of aromatic amines is 1. The van der Waals surface area contributed by atoms with Crippen LogP contribution in [0.2, 0.25) is 5.02 Å². The van der Waals surface area contributed by atoms with E-state index in [0.29, 0.717) is 29.2 Å². The Balaban J connectivity index is 0.00000274. The van der Waals surface area contributed by atoms with Crippen molar-refractivity contribution in [1.82, 2.24) is 24.2 Å². The molecule has 0 aliphatic carbocycles. The molecule has 4 aromatic rings. The lowest BCUT2D eigenvalue weighted by molar-refractivity contribution is 0.0697. The number of H-pyrrole nitrogens is 1. The average Bonchev–Trinajstić information content (AvgIpc) is 3.28. The van der Waals surface area contributed by atoms with E-state index in [-0.39, 0.29) is 36.4 Å². The van der Waals surface area contributed by atoms with Gasteiger partial charge in [0.25, 0.3) is 15.9 Å². The number of nitrogens with zero attached hydrogens (tertiary/aromatic N) is 4. The van der Waals surface area contributed by atoms with Gasteiger partial charge in [0.1, 0.15) is 5.03 Å². The number of piperazine rings is 1. The highest BCUT2D eigenvalue weighted by Crippen LogP contribution is 2.25. The molecule has 0 unspecified atom stereocenters. The fourth-order valence-corrected chi connectivity index (χ4v) is 5.50. The Morgan fingerprint density at radius 1 is 0.971 bits per heavy atom. The third-order valence-electron chi connectivity index (χ3n) is 5.69. The second kappa shape index (κ2) is 9.71. The van der Waals surface area contributed by atoms with Crippen molar-refractivity contribution < 1.29 is 13.2 Å². The first-order valence-electron chi connectivity index (χ1n) is 10.4. The van der Waals surface area contributed by atoms with E-state index in [9.17, 15) is 13.2 Å². The van der Waals surface area contributed by atoms with Crippen LogP contribution in [0.1, 0.15) is 10.4 Å². The van der Waals surface area contributed by atoms with Gasteiger partial charge in [-0.05, 0) is 48.5 Å². The molecule has 1 aliphatic rings. The molecule has 0 radical (unpaired) electrons. The Labute approximate surface area is 208 Å². The number of carbonyl (C=O) groups excluding carboxylic acids is 1. The summed E-state index contributed by atoms with van der Waals surface area (Å²) in [5.74, 6) is -0.166. The largest absolute Gasteiger partial charge is 0.345 e. The predicted molar refractivity (Wildman–Crippen MR) is 133 cm³/mol. The number of rotatable bonds is 4. The molecule has 8 nitrogen and oxygen atoms in total. The number of halogens is 2. The van der Waals surface area contributed by atoms with Gasteiger partial charge < -0.3 is 9.88 Å². The van der Waals surface area contributed by atoms with Crippen molar-refractivity contribution in [2.45, 2.75) is 5.03 Å². The molecule has 5 rings (SSSR count). The molecule has 34 heavy (non-hydrogen) atoms. The number of nitrogens with one attached hydrogen (secondary N) is 1. The number of fused-ring (bicyclic) bond motifs is 1. The standard InChI is InChI=1S/C23H20ClN5O3S.ClH/c24-19-2-4-21-18(13-19)14-22(27-21)33(31,32)29-11-9-28(10-12-29)23(30)17-1-3-20(26-15-17)16-5-7-25-8-6-16;/h1-8,13-15,27H,9-12H2;1H. The van der Waals surface area contributed by atoms with Crippen molar-refractivity contribution in [2.24, 2.45) is 0 Å². The maximum absolute atomic E-state index is 13.1. The number of amides is 1. The summed E-state index contributed by atoms with van der Waals surface area (Å²) < 4.78 is 27.6. The van der Waals surface area contributed by atoms with Crippen LogP contribution in [0.15, 0.2) is 72.1 Å². The highest BCUT2D eigenvalue weighted by Gasteiger charge is 2.31. The quantitative estimate of drug-likeness (QED) is 0.443. The molecule has 4 heterocycles. The zero-order valence-electron chi connectivity index (χ0n) is 17.9. The van der Waals surface area contributed by atoms with Gasteiger partial charge in [-0.25, -0.2) is 8.42 Å². The third-order valence-corrected chi connectivity index (χ3v) is 7.74. The molecule has 1 N–H and O–H groups in total. The van der Waals surface area contributed by atoms with Crippen molar-refractivity contribution in [2.75, 3.05) is 26.2 Å². The summed E-state index contributed by atoms with van der Waals surface area (Å²) in [5.41, 5.74) is 2.85. The summed E-state index contributed by atoms with van der Waals surface area (Å²) in [7, 11) is -3.71. The van der Waals surface area contributed by atoms with Crippen LogP contribution in [0.5, 0.6) is 0 Å². The first kappa shape index (κ1) is 24.2. The van der Waals surface area contributed by atoms with Crippen LogP contribution in [-0.4, -0.2) is 64.7 Å². The van der Waals surface area contributed by atoms with E-state index in [0.717, 1.165) is 16.6 Å². The lowest BCUT2D eigenvalue weighted by Gasteiger charge is -2.33. The number of hydrogen-bond donors (Lipinski definition) is 1. The number of hydrogen-bond acceptors (Lipinski definition) is 5. The Kier molecular flexibility index (Phi) is 6.90. The number of sulfonamides is 1. The molecule has 176 valence electrons. The molecule has 3 aromatic heterocycles. The predicted octanol–water partition coefficient (Wildman–Crippen LogP) is 3.85. The van der Waals surface area contributed by atoms with Gasteiger partial charge in [0, 0.05) is 66.3 Å². The third kappa shape index (κ3) is 4.65.